The Morgan fingerprint density at radius 3 is 2.41 bits per heavy atom. The fourth-order valence-corrected chi connectivity index (χ4v) is 5.15. The monoisotopic (exact) mass is 470 g/mol. The predicted molar refractivity (Wildman–Crippen MR) is 138 cm³/mol. The molecule has 0 unspecified atom stereocenters. The summed E-state index contributed by atoms with van der Waals surface area (Å²) < 4.78 is 7.56. The quantitative estimate of drug-likeness (QED) is 0.382. The maximum absolute atomic E-state index is 10.7. The van der Waals surface area contributed by atoms with Crippen LogP contribution in [0.2, 0.25) is 0 Å². The highest BCUT2D eigenvalue weighted by molar-refractivity contribution is 7.80. The predicted octanol–water partition coefficient (Wildman–Crippen LogP) is 5.38. The first-order valence-electron chi connectivity index (χ1n) is 11.1. The smallest absolute Gasteiger partial charge is 0.174 e. The molecule has 0 aliphatic carbocycles. The second-order valence-corrected chi connectivity index (χ2v) is 8.73. The number of ether oxygens (including phenoxy) is 1. The van der Waals surface area contributed by atoms with Crippen LogP contribution in [0.1, 0.15) is 34.7 Å². The molecule has 2 aromatic heterocycles. The van der Waals surface area contributed by atoms with Crippen molar-refractivity contribution < 1.29 is 9.84 Å². The van der Waals surface area contributed by atoms with Gasteiger partial charge in [0, 0.05) is 23.3 Å². The van der Waals surface area contributed by atoms with Crippen LogP contribution in [-0.4, -0.2) is 26.9 Å². The summed E-state index contributed by atoms with van der Waals surface area (Å²) in [6, 6.07) is 23.0. The molecule has 1 saturated heterocycles. The van der Waals surface area contributed by atoms with Crippen LogP contribution in [-0.2, 0) is 0 Å². The van der Waals surface area contributed by atoms with Crippen LogP contribution < -0.4 is 15.0 Å². The molecular weight excluding hydrogens is 444 g/mol. The molecule has 3 heterocycles. The average molecular weight is 471 g/mol. The Kier molecular flexibility index (Phi) is 5.71. The lowest BCUT2D eigenvalue weighted by Crippen LogP contribution is -2.29. The molecule has 7 heteroatoms. The highest BCUT2D eigenvalue weighted by Crippen LogP contribution is 2.45. The summed E-state index contributed by atoms with van der Waals surface area (Å²) in [7, 11) is 1.67. The molecule has 2 N–H and O–H groups in total. The van der Waals surface area contributed by atoms with Crippen molar-refractivity contribution in [2.75, 3.05) is 12.0 Å². The molecule has 2 atom stereocenters. The Hall–Kier alpha value is -3.84. The molecule has 0 saturated carbocycles. The van der Waals surface area contributed by atoms with Crippen molar-refractivity contribution in [2.45, 2.75) is 25.9 Å². The lowest BCUT2D eigenvalue weighted by Gasteiger charge is -2.28. The van der Waals surface area contributed by atoms with Crippen LogP contribution in [0, 0.1) is 13.8 Å². The van der Waals surface area contributed by atoms with Crippen molar-refractivity contribution in [3.05, 3.63) is 102 Å². The number of aromatic nitrogens is 2. The number of phenols is 1. The second kappa shape index (κ2) is 8.83. The molecule has 1 fully saturated rings. The molecule has 5 rings (SSSR count). The van der Waals surface area contributed by atoms with Gasteiger partial charge in [-0.3, -0.25) is 4.98 Å². The van der Waals surface area contributed by atoms with Crippen LogP contribution in [0.4, 0.5) is 5.69 Å². The number of thiocarbonyl (C=S) groups is 1. The lowest BCUT2D eigenvalue weighted by molar-refractivity contribution is 0.414. The Balaban J connectivity index is 1.67. The minimum atomic E-state index is -0.200. The van der Waals surface area contributed by atoms with Crippen molar-refractivity contribution in [3.63, 3.8) is 0 Å². The van der Waals surface area contributed by atoms with E-state index >= 15 is 0 Å². The highest BCUT2D eigenvalue weighted by atomic mass is 32.1. The minimum absolute atomic E-state index is 0.182. The molecular formula is C27H26N4O2S. The van der Waals surface area contributed by atoms with Crippen LogP contribution in [0.25, 0.3) is 5.69 Å². The zero-order valence-electron chi connectivity index (χ0n) is 19.3. The number of hydrogen-bond donors (Lipinski definition) is 2. The molecule has 1 aliphatic heterocycles. The molecule has 0 spiro atoms. The first kappa shape index (κ1) is 22.0. The molecule has 6 nitrogen and oxygen atoms in total. The maximum atomic E-state index is 10.7. The number of rotatable bonds is 5. The van der Waals surface area contributed by atoms with E-state index in [-0.39, 0.29) is 17.8 Å². The van der Waals surface area contributed by atoms with Gasteiger partial charge in [0.1, 0.15) is 11.5 Å². The first-order valence-corrected chi connectivity index (χ1v) is 11.5. The molecule has 4 aromatic rings. The number of nitrogens with zero attached hydrogens (tertiary/aromatic N) is 3. The van der Waals surface area contributed by atoms with Gasteiger partial charge in [0.2, 0.25) is 0 Å². The summed E-state index contributed by atoms with van der Waals surface area (Å²) in [5.41, 5.74) is 5.92. The summed E-state index contributed by atoms with van der Waals surface area (Å²) in [5.74, 6) is 1.00. The number of anilines is 1. The van der Waals surface area contributed by atoms with E-state index < -0.39 is 0 Å². The number of aryl methyl sites for hydroxylation is 1. The second-order valence-electron chi connectivity index (χ2n) is 8.35. The van der Waals surface area contributed by atoms with Gasteiger partial charge in [-0.05, 0) is 86.2 Å². The Labute approximate surface area is 204 Å². The van der Waals surface area contributed by atoms with E-state index in [4.69, 9.17) is 17.0 Å². The third kappa shape index (κ3) is 3.68. The van der Waals surface area contributed by atoms with E-state index in [9.17, 15) is 5.11 Å². The maximum Gasteiger partial charge on any atom is 0.174 e. The van der Waals surface area contributed by atoms with Crippen LogP contribution in [0.5, 0.6) is 11.5 Å². The number of hydrogen-bond acceptors (Lipinski definition) is 4. The van der Waals surface area contributed by atoms with Gasteiger partial charge in [-0.1, -0.05) is 18.2 Å². The van der Waals surface area contributed by atoms with E-state index in [1.807, 2.05) is 53.4 Å². The third-order valence-corrected chi connectivity index (χ3v) is 6.67. The minimum Gasteiger partial charge on any atom is -0.506 e. The van der Waals surface area contributed by atoms with Gasteiger partial charge in [0.15, 0.2) is 5.11 Å². The van der Waals surface area contributed by atoms with E-state index in [0.717, 1.165) is 34.1 Å². The summed E-state index contributed by atoms with van der Waals surface area (Å²) in [6.07, 6.45) is 1.79. The summed E-state index contributed by atoms with van der Waals surface area (Å²) in [4.78, 5) is 6.63. The van der Waals surface area contributed by atoms with Crippen LogP contribution in [0.15, 0.2) is 79.0 Å². The SMILES string of the molecule is COc1ccc(-n2c(C)cc([C@H]3[C@@H](c4ccccn4)NC(=S)N3c3ccccc3O)c2C)cc1. The van der Waals surface area contributed by atoms with Gasteiger partial charge in [-0.25, -0.2) is 0 Å². The molecule has 0 bridgehead atoms. The molecule has 2 aromatic carbocycles. The van der Waals surface area contributed by atoms with Crippen molar-refractivity contribution in [1.82, 2.24) is 14.9 Å². The Morgan fingerprint density at radius 1 is 1.00 bits per heavy atom. The van der Waals surface area contributed by atoms with Gasteiger partial charge in [0.25, 0.3) is 0 Å². The zero-order chi connectivity index (χ0) is 23.8. The van der Waals surface area contributed by atoms with Gasteiger partial charge < -0.3 is 24.6 Å². The standard InChI is InChI=1S/C27H26N4O2S/c1-17-16-21(18(2)30(17)19-11-13-20(33-3)14-12-19)26-25(22-8-6-7-15-28-22)29-27(34)31(26)23-9-4-5-10-24(23)32/h4-16,25-26,32H,1-3H3,(H,29,34)/t25-,26+/m1/s1. The zero-order valence-corrected chi connectivity index (χ0v) is 20.1. The molecule has 0 amide bonds. The largest absolute Gasteiger partial charge is 0.506 e. The Bertz CT molecular complexity index is 1330. The third-order valence-electron chi connectivity index (χ3n) is 6.36. The van der Waals surface area contributed by atoms with Crippen LogP contribution in [0.3, 0.4) is 0 Å². The summed E-state index contributed by atoms with van der Waals surface area (Å²) >= 11 is 5.80. The van der Waals surface area contributed by atoms with E-state index in [0.29, 0.717) is 10.8 Å². The lowest BCUT2D eigenvalue weighted by atomic mass is 9.96. The number of nitrogens with one attached hydrogen (secondary N) is 1. The Morgan fingerprint density at radius 2 is 1.74 bits per heavy atom. The fourth-order valence-electron chi connectivity index (χ4n) is 4.81. The van der Waals surface area contributed by atoms with E-state index in [1.165, 1.54) is 0 Å². The normalized spacial score (nSPS) is 17.6. The summed E-state index contributed by atoms with van der Waals surface area (Å²) in [6.45, 7) is 4.22. The molecule has 172 valence electrons. The number of benzene rings is 2. The van der Waals surface area contributed by atoms with Gasteiger partial charge >= 0.3 is 0 Å². The van der Waals surface area contributed by atoms with E-state index in [1.54, 1.807) is 19.4 Å². The van der Waals surface area contributed by atoms with Crippen molar-refractivity contribution in [2.24, 2.45) is 0 Å². The van der Waals surface area contributed by atoms with Crippen LogP contribution >= 0.6 is 12.2 Å². The summed E-state index contributed by atoms with van der Waals surface area (Å²) in [5, 5.41) is 14.7. The van der Waals surface area contributed by atoms with Gasteiger partial charge in [-0.15, -0.1) is 0 Å². The fraction of sp³-hybridized carbons (Fsp3) is 0.185. The topological polar surface area (TPSA) is 62.5 Å². The van der Waals surface area contributed by atoms with E-state index in [2.05, 4.69) is 46.9 Å². The van der Waals surface area contributed by atoms with Crippen molar-refractivity contribution >= 4 is 23.0 Å². The average Bonchev–Trinajstić information content (AvgIpc) is 3.35. The molecule has 34 heavy (non-hydrogen) atoms. The number of pyridine rings is 1. The number of para-hydroxylation sites is 2. The molecule has 0 radical (unpaired) electrons. The number of aromatic hydroxyl groups is 1. The van der Waals surface area contributed by atoms with Gasteiger partial charge in [0.05, 0.1) is 30.6 Å². The first-order chi connectivity index (χ1) is 16.5. The molecule has 1 aliphatic rings. The van der Waals surface area contributed by atoms with Gasteiger partial charge in [-0.2, -0.15) is 0 Å². The number of phenolic OH excluding ortho intramolecular Hbond substituents is 1. The highest BCUT2D eigenvalue weighted by Gasteiger charge is 2.43. The number of methoxy groups -OCH3 is 1. The van der Waals surface area contributed by atoms with Crippen molar-refractivity contribution in [3.8, 4) is 17.2 Å². The van der Waals surface area contributed by atoms with Crippen molar-refractivity contribution in [1.29, 1.82) is 0 Å².